The van der Waals surface area contributed by atoms with Gasteiger partial charge in [0, 0.05) is 44.0 Å². The highest BCUT2D eigenvalue weighted by Gasteiger charge is 2.33. The SMILES string of the molecule is Cc1cncc(CN(C)C2CN(c3ccc4nnc(C5CC5)n4n3)C2)n1. The number of aromatic nitrogens is 6. The van der Waals surface area contributed by atoms with E-state index in [0.717, 1.165) is 48.3 Å². The monoisotopic (exact) mass is 350 g/mol. The number of rotatable bonds is 5. The Hall–Kier alpha value is -2.61. The molecule has 3 aromatic rings. The minimum absolute atomic E-state index is 0.499. The summed E-state index contributed by atoms with van der Waals surface area (Å²) in [6.45, 7) is 4.73. The molecule has 0 atom stereocenters. The van der Waals surface area contributed by atoms with Crippen molar-refractivity contribution in [2.24, 2.45) is 0 Å². The molecule has 0 aromatic carbocycles. The number of aryl methyl sites for hydroxylation is 1. The molecule has 26 heavy (non-hydrogen) atoms. The quantitative estimate of drug-likeness (QED) is 0.689. The molecule has 0 unspecified atom stereocenters. The maximum Gasteiger partial charge on any atom is 0.178 e. The molecule has 2 aliphatic rings. The standard InChI is InChI=1S/C18H22N8/c1-12-7-19-8-14(20-12)9-24(2)15-10-25(11-15)17-6-5-16-21-22-18(13-3-4-13)26(16)23-17/h5-8,13,15H,3-4,9-11H2,1-2H3. The summed E-state index contributed by atoms with van der Waals surface area (Å²) in [5, 5.41) is 13.3. The maximum atomic E-state index is 4.78. The molecule has 1 saturated carbocycles. The van der Waals surface area contributed by atoms with Crippen molar-refractivity contribution >= 4 is 11.5 Å². The van der Waals surface area contributed by atoms with Crippen LogP contribution in [0.4, 0.5) is 5.82 Å². The third-order valence-electron chi connectivity index (χ3n) is 5.24. The Morgan fingerprint density at radius 1 is 1.15 bits per heavy atom. The fraction of sp³-hybridized carbons (Fsp3) is 0.500. The van der Waals surface area contributed by atoms with Gasteiger partial charge in [-0.15, -0.1) is 15.3 Å². The molecule has 1 aliphatic heterocycles. The van der Waals surface area contributed by atoms with Crippen LogP contribution in [0, 0.1) is 6.92 Å². The summed E-state index contributed by atoms with van der Waals surface area (Å²) in [7, 11) is 2.15. The normalized spacial score (nSPS) is 17.9. The Morgan fingerprint density at radius 3 is 2.77 bits per heavy atom. The van der Waals surface area contributed by atoms with Gasteiger partial charge in [-0.25, -0.2) is 0 Å². The van der Waals surface area contributed by atoms with E-state index in [9.17, 15) is 0 Å². The molecule has 2 fully saturated rings. The summed E-state index contributed by atoms with van der Waals surface area (Å²) in [6, 6.07) is 4.56. The van der Waals surface area contributed by atoms with Crippen LogP contribution in [0.2, 0.25) is 0 Å². The first-order valence-electron chi connectivity index (χ1n) is 9.12. The summed E-state index contributed by atoms with van der Waals surface area (Å²) in [5.41, 5.74) is 2.82. The van der Waals surface area contributed by atoms with Crippen molar-refractivity contribution < 1.29 is 0 Å². The molecule has 0 spiro atoms. The van der Waals surface area contributed by atoms with Crippen molar-refractivity contribution in [3.63, 3.8) is 0 Å². The van der Waals surface area contributed by atoms with Crippen molar-refractivity contribution in [1.82, 2.24) is 34.7 Å². The van der Waals surface area contributed by atoms with E-state index in [-0.39, 0.29) is 0 Å². The average molecular weight is 350 g/mol. The molecule has 134 valence electrons. The number of likely N-dealkylation sites (N-methyl/N-ethyl adjacent to an activating group) is 1. The predicted octanol–water partition coefficient (Wildman–Crippen LogP) is 1.42. The zero-order valence-corrected chi connectivity index (χ0v) is 15.1. The van der Waals surface area contributed by atoms with Crippen molar-refractivity contribution in [1.29, 1.82) is 0 Å². The van der Waals surface area contributed by atoms with Gasteiger partial charge >= 0.3 is 0 Å². The second kappa shape index (κ2) is 5.98. The molecule has 0 radical (unpaired) electrons. The smallest absolute Gasteiger partial charge is 0.178 e. The Kier molecular flexibility index (Phi) is 3.59. The summed E-state index contributed by atoms with van der Waals surface area (Å²) in [4.78, 5) is 13.4. The number of hydrogen-bond donors (Lipinski definition) is 0. The van der Waals surface area contributed by atoms with Crippen LogP contribution in [0.25, 0.3) is 5.65 Å². The van der Waals surface area contributed by atoms with E-state index in [4.69, 9.17) is 5.10 Å². The second-order valence-corrected chi connectivity index (χ2v) is 7.42. The molecule has 3 aromatic heterocycles. The van der Waals surface area contributed by atoms with Gasteiger partial charge in [0.2, 0.25) is 0 Å². The summed E-state index contributed by atoms with van der Waals surface area (Å²) in [6.07, 6.45) is 6.04. The van der Waals surface area contributed by atoms with Gasteiger partial charge in [-0.05, 0) is 38.9 Å². The molecule has 8 nitrogen and oxygen atoms in total. The minimum atomic E-state index is 0.499. The van der Waals surface area contributed by atoms with E-state index in [1.54, 1.807) is 6.20 Å². The van der Waals surface area contributed by atoms with Crippen LogP contribution in [0.15, 0.2) is 24.5 Å². The molecule has 1 aliphatic carbocycles. The molecule has 0 amide bonds. The Morgan fingerprint density at radius 2 is 2.00 bits per heavy atom. The zero-order valence-electron chi connectivity index (χ0n) is 15.1. The van der Waals surface area contributed by atoms with Crippen LogP contribution in [0.5, 0.6) is 0 Å². The highest BCUT2D eigenvalue weighted by atomic mass is 15.4. The van der Waals surface area contributed by atoms with Gasteiger partial charge in [0.25, 0.3) is 0 Å². The lowest BCUT2D eigenvalue weighted by molar-refractivity contribution is 0.194. The van der Waals surface area contributed by atoms with E-state index < -0.39 is 0 Å². The average Bonchev–Trinajstić information content (AvgIpc) is 3.33. The lowest BCUT2D eigenvalue weighted by atomic mass is 10.1. The topological polar surface area (TPSA) is 75.3 Å². The summed E-state index contributed by atoms with van der Waals surface area (Å²) >= 11 is 0. The molecule has 5 rings (SSSR count). The highest BCUT2D eigenvalue weighted by molar-refractivity contribution is 5.48. The van der Waals surface area contributed by atoms with Crippen LogP contribution in [0.1, 0.15) is 36.0 Å². The van der Waals surface area contributed by atoms with E-state index in [1.807, 2.05) is 29.8 Å². The first kappa shape index (κ1) is 15.6. The molecule has 8 heteroatoms. The van der Waals surface area contributed by atoms with Crippen molar-refractivity contribution in [2.45, 2.75) is 38.3 Å². The van der Waals surface area contributed by atoms with Crippen LogP contribution in [-0.4, -0.2) is 60.9 Å². The van der Waals surface area contributed by atoms with Crippen LogP contribution >= 0.6 is 0 Å². The molecule has 0 N–H and O–H groups in total. The van der Waals surface area contributed by atoms with Gasteiger partial charge in [0.15, 0.2) is 11.5 Å². The number of hydrogen-bond acceptors (Lipinski definition) is 7. The largest absolute Gasteiger partial charge is 0.352 e. The highest BCUT2D eigenvalue weighted by Crippen LogP contribution is 2.38. The zero-order chi connectivity index (χ0) is 17.7. The Labute approximate surface area is 151 Å². The van der Waals surface area contributed by atoms with E-state index in [0.29, 0.717) is 12.0 Å². The van der Waals surface area contributed by atoms with E-state index >= 15 is 0 Å². The van der Waals surface area contributed by atoms with Crippen molar-refractivity contribution in [2.75, 3.05) is 25.0 Å². The first-order valence-corrected chi connectivity index (χ1v) is 9.12. The van der Waals surface area contributed by atoms with Crippen LogP contribution < -0.4 is 4.90 Å². The Bertz CT molecular complexity index is 941. The fourth-order valence-corrected chi connectivity index (χ4v) is 3.46. The molecular weight excluding hydrogens is 328 g/mol. The second-order valence-electron chi connectivity index (χ2n) is 7.42. The summed E-state index contributed by atoms with van der Waals surface area (Å²) in [5.74, 6) is 2.55. The molecular formula is C18H22N8. The van der Waals surface area contributed by atoms with Gasteiger partial charge in [-0.3, -0.25) is 14.9 Å². The Balaban J connectivity index is 1.26. The maximum absolute atomic E-state index is 4.78. The van der Waals surface area contributed by atoms with Crippen molar-refractivity contribution in [3.8, 4) is 0 Å². The van der Waals surface area contributed by atoms with Gasteiger partial charge in [0.1, 0.15) is 5.82 Å². The number of anilines is 1. The van der Waals surface area contributed by atoms with Gasteiger partial charge in [0.05, 0.1) is 11.4 Å². The van der Waals surface area contributed by atoms with Crippen molar-refractivity contribution in [3.05, 3.63) is 41.7 Å². The fourth-order valence-electron chi connectivity index (χ4n) is 3.46. The number of nitrogens with zero attached hydrogens (tertiary/aromatic N) is 8. The molecule has 4 heterocycles. The number of fused-ring (bicyclic) bond motifs is 1. The first-order chi connectivity index (χ1) is 12.7. The van der Waals surface area contributed by atoms with Gasteiger partial charge < -0.3 is 4.90 Å². The molecule has 1 saturated heterocycles. The van der Waals surface area contributed by atoms with Crippen LogP contribution in [0.3, 0.4) is 0 Å². The van der Waals surface area contributed by atoms with Crippen LogP contribution in [-0.2, 0) is 6.54 Å². The van der Waals surface area contributed by atoms with Gasteiger partial charge in [-0.2, -0.15) is 4.52 Å². The lowest BCUT2D eigenvalue weighted by Gasteiger charge is -2.44. The third-order valence-corrected chi connectivity index (χ3v) is 5.24. The van der Waals surface area contributed by atoms with E-state index in [1.165, 1.54) is 12.8 Å². The minimum Gasteiger partial charge on any atom is -0.352 e. The predicted molar refractivity (Wildman–Crippen MR) is 97.0 cm³/mol. The molecule has 0 bridgehead atoms. The summed E-state index contributed by atoms with van der Waals surface area (Å²) < 4.78 is 1.92. The lowest BCUT2D eigenvalue weighted by Crippen LogP contribution is -2.58. The van der Waals surface area contributed by atoms with Gasteiger partial charge in [-0.1, -0.05) is 0 Å². The third kappa shape index (κ3) is 2.80. The van der Waals surface area contributed by atoms with E-state index in [2.05, 4.69) is 37.0 Å².